The molecule has 2 aromatic rings. The number of alkyl halides is 3. The van der Waals surface area contributed by atoms with Gasteiger partial charge in [-0.15, -0.1) is 0 Å². The van der Waals surface area contributed by atoms with Gasteiger partial charge in [0.15, 0.2) is 5.60 Å². The van der Waals surface area contributed by atoms with Gasteiger partial charge in [-0.25, -0.2) is 9.37 Å². The number of hydrogen-bond acceptors (Lipinski definition) is 5. The average Bonchev–Trinajstić information content (AvgIpc) is 3.10. The zero-order chi connectivity index (χ0) is 27.8. The van der Waals surface area contributed by atoms with Crippen molar-refractivity contribution < 1.29 is 31.9 Å². The van der Waals surface area contributed by atoms with Crippen molar-refractivity contribution >= 4 is 40.8 Å². The van der Waals surface area contributed by atoms with Crippen LogP contribution in [0.25, 0.3) is 0 Å². The zero-order valence-corrected chi connectivity index (χ0v) is 22.1. The van der Waals surface area contributed by atoms with Gasteiger partial charge in [-0.2, -0.15) is 13.2 Å². The lowest BCUT2D eigenvalue weighted by Crippen LogP contribution is -2.55. The second kappa shape index (κ2) is 10.8. The number of nitrogens with zero attached hydrogens (tertiary/aromatic N) is 2. The first-order chi connectivity index (χ1) is 17.7. The minimum Gasteiger partial charge on any atom is -0.476 e. The quantitative estimate of drug-likeness (QED) is 0.345. The van der Waals surface area contributed by atoms with Gasteiger partial charge in [0.2, 0.25) is 0 Å². The molecule has 38 heavy (non-hydrogen) atoms. The van der Waals surface area contributed by atoms with Crippen LogP contribution in [0.3, 0.4) is 0 Å². The van der Waals surface area contributed by atoms with E-state index in [4.69, 9.17) is 27.9 Å². The largest absolute Gasteiger partial charge is 0.476 e. The lowest BCUT2D eigenvalue weighted by molar-refractivity contribution is -0.135. The second-order valence-electron chi connectivity index (χ2n) is 9.95. The van der Waals surface area contributed by atoms with Gasteiger partial charge < -0.3 is 20.3 Å². The molecule has 2 N–H and O–H groups in total. The van der Waals surface area contributed by atoms with Crippen molar-refractivity contribution in [2.75, 3.05) is 11.4 Å². The number of piperidine rings is 1. The van der Waals surface area contributed by atoms with E-state index >= 15 is 0 Å². The number of nitrogens with one attached hydrogen (secondary N) is 2. The standard InChI is InChI=1S/C25H26Cl2F4N4O3/c1-24(2,38-20-10-17(26)19(28)9-18(20)27)23(37)34-14-7-15-4-5-16(8-14)35(15)21-6-3-13(11-32-21)22(36)33-12-25(29,30)31/h3,6,9-11,14-16H,4-5,7-8,12H2,1-2H3,(H,33,36)(H,34,37)/t14?,15-,16+. The topological polar surface area (TPSA) is 83.6 Å². The highest BCUT2D eigenvalue weighted by atomic mass is 35.5. The van der Waals surface area contributed by atoms with Gasteiger partial charge in [0.05, 0.1) is 15.6 Å². The molecular formula is C25H26Cl2F4N4O3. The molecule has 4 rings (SSSR count). The second-order valence-corrected chi connectivity index (χ2v) is 10.8. The van der Waals surface area contributed by atoms with Crippen LogP contribution in [0.4, 0.5) is 23.4 Å². The first-order valence-electron chi connectivity index (χ1n) is 12.0. The highest BCUT2D eigenvalue weighted by molar-refractivity contribution is 6.34. The van der Waals surface area contributed by atoms with Crippen LogP contribution in [0.15, 0.2) is 30.5 Å². The Morgan fingerprint density at radius 3 is 2.34 bits per heavy atom. The number of rotatable bonds is 7. The fourth-order valence-electron chi connectivity index (χ4n) is 4.89. The van der Waals surface area contributed by atoms with Gasteiger partial charge in [-0.1, -0.05) is 23.2 Å². The minimum atomic E-state index is -4.49. The highest BCUT2D eigenvalue weighted by Crippen LogP contribution is 2.39. The van der Waals surface area contributed by atoms with Gasteiger partial charge in [0.25, 0.3) is 11.8 Å². The Bertz CT molecular complexity index is 1200. The summed E-state index contributed by atoms with van der Waals surface area (Å²) in [5.41, 5.74) is -1.28. The van der Waals surface area contributed by atoms with Gasteiger partial charge in [-0.3, -0.25) is 9.59 Å². The van der Waals surface area contributed by atoms with Crippen molar-refractivity contribution in [1.82, 2.24) is 15.6 Å². The van der Waals surface area contributed by atoms with E-state index in [0.29, 0.717) is 18.7 Å². The molecule has 206 valence electrons. The van der Waals surface area contributed by atoms with E-state index in [1.54, 1.807) is 19.9 Å². The van der Waals surface area contributed by atoms with Gasteiger partial charge in [0, 0.05) is 30.4 Å². The molecule has 2 amide bonds. The molecule has 3 atom stereocenters. The molecule has 13 heteroatoms. The van der Waals surface area contributed by atoms with E-state index in [2.05, 4.69) is 15.2 Å². The third-order valence-electron chi connectivity index (χ3n) is 6.68. The fraction of sp³-hybridized carbons (Fsp3) is 0.480. The van der Waals surface area contributed by atoms with Crippen molar-refractivity contribution in [3.05, 3.63) is 51.9 Å². The summed E-state index contributed by atoms with van der Waals surface area (Å²) < 4.78 is 56.5. The smallest absolute Gasteiger partial charge is 0.405 e. The van der Waals surface area contributed by atoms with Gasteiger partial charge >= 0.3 is 6.18 Å². The Kier molecular flexibility index (Phi) is 7.99. The maximum atomic E-state index is 13.6. The number of hydrogen-bond donors (Lipinski definition) is 2. The monoisotopic (exact) mass is 576 g/mol. The predicted octanol–water partition coefficient (Wildman–Crippen LogP) is 5.29. The van der Waals surface area contributed by atoms with Gasteiger partial charge in [0.1, 0.15) is 23.9 Å². The summed E-state index contributed by atoms with van der Waals surface area (Å²) in [7, 11) is 0. The lowest BCUT2D eigenvalue weighted by atomic mass is 9.96. The third-order valence-corrected chi connectivity index (χ3v) is 7.26. The molecule has 7 nitrogen and oxygen atoms in total. The lowest BCUT2D eigenvalue weighted by Gasteiger charge is -2.40. The number of ether oxygens (including phenoxy) is 1. The van der Waals surface area contributed by atoms with Crippen molar-refractivity contribution in [3.63, 3.8) is 0 Å². The molecule has 3 heterocycles. The first kappa shape index (κ1) is 28.2. The number of carbonyl (C=O) groups is 2. The number of amides is 2. The normalized spacial score (nSPS) is 21.3. The van der Waals surface area contributed by atoms with Crippen molar-refractivity contribution in [1.29, 1.82) is 0 Å². The molecular weight excluding hydrogens is 551 g/mol. The zero-order valence-electron chi connectivity index (χ0n) is 20.5. The van der Waals surface area contributed by atoms with Crippen LogP contribution in [0.1, 0.15) is 49.9 Å². The average molecular weight is 577 g/mol. The number of aromatic nitrogens is 1. The Labute approximate surface area is 226 Å². The summed E-state index contributed by atoms with van der Waals surface area (Å²) in [6, 6.07) is 5.38. The number of pyridine rings is 1. The number of halogens is 6. The molecule has 2 bridgehead atoms. The van der Waals surface area contributed by atoms with E-state index in [1.165, 1.54) is 18.3 Å². The molecule has 1 unspecified atom stereocenters. The van der Waals surface area contributed by atoms with Gasteiger partial charge in [-0.05, 0) is 57.7 Å². The van der Waals surface area contributed by atoms with E-state index in [0.717, 1.165) is 18.9 Å². The molecule has 0 aliphatic carbocycles. The first-order valence-corrected chi connectivity index (χ1v) is 12.7. The molecule has 0 saturated carbocycles. The van der Waals surface area contributed by atoms with E-state index < -0.39 is 30.0 Å². The summed E-state index contributed by atoms with van der Waals surface area (Å²) >= 11 is 11.9. The van der Waals surface area contributed by atoms with Crippen LogP contribution < -0.4 is 20.3 Å². The van der Waals surface area contributed by atoms with Crippen LogP contribution in [0.5, 0.6) is 5.75 Å². The molecule has 2 fully saturated rings. The molecule has 2 aliphatic heterocycles. The van der Waals surface area contributed by atoms with Crippen LogP contribution in [-0.4, -0.2) is 53.2 Å². The highest BCUT2D eigenvalue weighted by Gasteiger charge is 2.43. The summed E-state index contributed by atoms with van der Waals surface area (Å²) in [5, 5.41) is 4.69. The molecule has 2 saturated heterocycles. The maximum Gasteiger partial charge on any atom is 0.405 e. The number of benzene rings is 1. The van der Waals surface area contributed by atoms with Crippen molar-refractivity contribution in [2.45, 2.75) is 69.4 Å². The van der Waals surface area contributed by atoms with E-state index in [1.807, 2.05) is 5.32 Å². The fourth-order valence-corrected chi connectivity index (χ4v) is 5.23. The van der Waals surface area contributed by atoms with Crippen molar-refractivity contribution in [2.24, 2.45) is 0 Å². The van der Waals surface area contributed by atoms with Crippen LogP contribution in [0, 0.1) is 5.82 Å². The van der Waals surface area contributed by atoms with Crippen LogP contribution >= 0.6 is 23.2 Å². The predicted molar refractivity (Wildman–Crippen MR) is 134 cm³/mol. The Hall–Kier alpha value is -2.79. The molecule has 0 spiro atoms. The maximum absolute atomic E-state index is 13.6. The van der Waals surface area contributed by atoms with E-state index in [-0.39, 0.29) is 45.4 Å². The summed E-state index contributed by atoms with van der Waals surface area (Å²) in [4.78, 5) is 31.5. The molecule has 1 aromatic heterocycles. The number of anilines is 1. The molecule has 1 aromatic carbocycles. The number of fused-ring (bicyclic) bond motifs is 2. The van der Waals surface area contributed by atoms with E-state index in [9.17, 15) is 27.2 Å². The SMILES string of the molecule is CC(C)(Oc1cc(Cl)c(F)cc1Cl)C(=O)NC1C[C@H]2CC[C@@H](C1)N2c1ccc(C(=O)NCC(F)(F)F)cn1. The van der Waals surface area contributed by atoms with Crippen molar-refractivity contribution in [3.8, 4) is 5.75 Å². The summed E-state index contributed by atoms with van der Waals surface area (Å²) in [6.45, 7) is 1.75. The molecule has 2 aliphatic rings. The Morgan fingerprint density at radius 2 is 1.76 bits per heavy atom. The number of carbonyl (C=O) groups excluding carboxylic acids is 2. The Morgan fingerprint density at radius 1 is 1.11 bits per heavy atom. The van der Waals surface area contributed by atoms with Crippen LogP contribution in [0.2, 0.25) is 10.0 Å². The molecule has 0 radical (unpaired) electrons. The summed E-state index contributed by atoms with van der Waals surface area (Å²) in [6.07, 6.45) is -0.160. The third kappa shape index (κ3) is 6.43. The summed E-state index contributed by atoms with van der Waals surface area (Å²) in [5.74, 6) is -1.18. The minimum absolute atomic E-state index is 0.00419. The Balaban J connectivity index is 1.36. The van der Waals surface area contributed by atoms with Crippen LogP contribution in [-0.2, 0) is 4.79 Å².